The number of hydrogen-bond acceptors (Lipinski definition) is 5. The van der Waals surface area contributed by atoms with Gasteiger partial charge in [-0.25, -0.2) is 10.1 Å². The molecule has 0 saturated heterocycles. The number of benzene rings is 3. The van der Waals surface area contributed by atoms with E-state index in [9.17, 15) is 0 Å². The van der Waals surface area contributed by atoms with E-state index in [-0.39, 0.29) is 0 Å². The van der Waals surface area contributed by atoms with Crippen molar-refractivity contribution in [3.63, 3.8) is 0 Å². The number of aromatic nitrogens is 5. The molecule has 0 fully saturated rings. The maximum atomic E-state index is 5.91. The molecule has 2 heterocycles. The van der Waals surface area contributed by atoms with E-state index in [1.165, 1.54) is 0 Å². The second-order valence-electron chi connectivity index (χ2n) is 7.06. The van der Waals surface area contributed by atoms with Crippen molar-refractivity contribution in [2.24, 2.45) is 0 Å². The van der Waals surface area contributed by atoms with Gasteiger partial charge in [-0.2, -0.15) is 0 Å². The topological polar surface area (TPSA) is 76.6 Å². The number of H-pyrrole nitrogens is 1. The monoisotopic (exact) mass is 405 g/mol. The molecular formula is C25H19N5O. The molecule has 2 aromatic heterocycles. The van der Waals surface area contributed by atoms with E-state index in [2.05, 4.69) is 49.9 Å². The predicted octanol–water partition coefficient (Wildman–Crippen LogP) is 5.16. The summed E-state index contributed by atoms with van der Waals surface area (Å²) in [6.45, 7) is 0.434. The van der Waals surface area contributed by atoms with Crippen molar-refractivity contribution in [3.8, 4) is 17.1 Å². The zero-order valence-electron chi connectivity index (χ0n) is 16.6. The second kappa shape index (κ2) is 8.59. The van der Waals surface area contributed by atoms with Crippen LogP contribution >= 0.6 is 0 Å². The first-order chi connectivity index (χ1) is 15.3. The minimum absolute atomic E-state index is 0.434. The zero-order chi connectivity index (χ0) is 20.9. The lowest BCUT2D eigenvalue weighted by atomic mass is 10.1. The van der Waals surface area contributed by atoms with Gasteiger partial charge in [-0.15, -0.1) is 5.10 Å². The fourth-order valence-electron chi connectivity index (χ4n) is 3.28. The van der Waals surface area contributed by atoms with Gasteiger partial charge in [0.2, 0.25) is 0 Å². The highest BCUT2D eigenvalue weighted by Gasteiger charge is 2.02. The first kappa shape index (κ1) is 18.7. The Labute approximate surface area is 179 Å². The molecule has 3 aromatic carbocycles. The standard InChI is InChI=1S/C25H19N5O/c1-2-7-24-20(5-1)12-13-22(26-24)17-31-23-14-10-18(11-15-23)8-9-19-4-3-6-21(16-19)25-27-29-30-28-25/h1-16H,17H2,(H,27,28,29,30)/b9-8+. The lowest BCUT2D eigenvalue weighted by molar-refractivity contribution is 0.302. The third-order valence-electron chi connectivity index (χ3n) is 4.90. The molecule has 0 aliphatic heterocycles. The molecule has 5 aromatic rings. The minimum Gasteiger partial charge on any atom is -0.487 e. The third kappa shape index (κ3) is 4.48. The summed E-state index contributed by atoms with van der Waals surface area (Å²) in [6, 6.07) is 28.2. The molecule has 0 radical (unpaired) electrons. The largest absolute Gasteiger partial charge is 0.487 e. The van der Waals surface area contributed by atoms with Crippen molar-refractivity contribution >= 4 is 23.1 Å². The number of pyridine rings is 1. The molecule has 150 valence electrons. The van der Waals surface area contributed by atoms with Crippen molar-refractivity contribution in [3.05, 3.63) is 102 Å². The van der Waals surface area contributed by atoms with Gasteiger partial charge in [0.25, 0.3) is 0 Å². The summed E-state index contributed by atoms with van der Waals surface area (Å²) in [5.41, 5.74) is 4.98. The van der Waals surface area contributed by atoms with Crippen LogP contribution in [0.3, 0.4) is 0 Å². The van der Waals surface area contributed by atoms with Gasteiger partial charge >= 0.3 is 0 Å². The predicted molar refractivity (Wildman–Crippen MR) is 121 cm³/mol. The Balaban J connectivity index is 1.23. The quantitative estimate of drug-likeness (QED) is 0.395. The number of hydrogen-bond donors (Lipinski definition) is 1. The molecule has 0 atom stereocenters. The Morgan fingerprint density at radius 3 is 2.55 bits per heavy atom. The highest BCUT2D eigenvalue weighted by molar-refractivity contribution is 5.78. The van der Waals surface area contributed by atoms with Crippen molar-refractivity contribution in [2.45, 2.75) is 6.61 Å². The van der Waals surface area contributed by atoms with Crippen LogP contribution in [0.1, 0.15) is 16.8 Å². The maximum absolute atomic E-state index is 5.91. The van der Waals surface area contributed by atoms with Crippen LogP contribution in [0.25, 0.3) is 34.4 Å². The van der Waals surface area contributed by atoms with Gasteiger partial charge in [0.15, 0.2) is 5.82 Å². The number of ether oxygens (including phenoxy) is 1. The number of nitrogens with zero attached hydrogens (tertiary/aromatic N) is 4. The lowest BCUT2D eigenvalue weighted by Crippen LogP contribution is -1.98. The number of para-hydroxylation sites is 1. The maximum Gasteiger partial charge on any atom is 0.179 e. The average molecular weight is 405 g/mol. The van der Waals surface area contributed by atoms with Crippen LogP contribution in [0.2, 0.25) is 0 Å². The normalized spacial score (nSPS) is 11.2. The molecule has 0 bridgehead atoms. The van der Waals surface area contributed by atoms with Crippen LogP contribution in [0.15, 0.2) is 84.9 Å². The summed E-state index contributed by atoms with van der Waals surface area (Å²) in [5, 5.41) is 15.1. The third-order valence-corrected chi connectivity index (χ3v) is 4.90. The van der Waals surface area contributed by atoms with Gasteiger partial charge in [0.1, 0.15) is 12.4 Å². The Morgan fingerprint density at radius 1 is 0.806 bits per heavy atom. The van der Waals surface area contributed by atoms with Crippen LogP contribution in [0, 0.1) is 0 Å². The SMILES string of the molecule is C(=C\c1cccc(-c2nnn[nH]2)c1)/c1ccc(OCc2ccc3ccccc3n2)cc1. The average Bonchev–Trinajstić information content (AvgIpc) is 3.37. The molecule has 0 spiro atoms. The Morgan fingerprint density at radius 2 is 1.68 bits per heavy atom. The molecule has 6 nitrogen and oxygen atoms in total. The number of tetrazole rings is 1. The van der Waals surface area contributed by atoms with E-state index in [0.29, 0.717) is 12.4 Å². The molecule has 0 saturated carbocycles. The zero-order valence-corrected chi connectivity index (χ0v) is 16.6. The van der Waals surface area contributed by atoms with Crippen LogP contribution in [-0.4, -0.2) is 25.6 Å². The van der Waals surface area contributed by atoms with E-state index in [1.54, 1.807) is 0 Å². The fourth-order valence-corrected chi connectivity index (χ4v) is 3.28. The molecular weight excluding hydrogens is 386 g/mol. The van der Waals surface area contributed by atoms with Gasteiger partial charge in [0.05, 0.1) is 11.2 Å². The van der Waals surface area contributed by atoms with E-state index < -0.39 is 0 Å². The van der Waals surface area contributed by atoms with Gasteiger partial charge in [-0.3, -0.25) is 0 Å². The molecule has 0 aliphatic carbocycles. The van der Waals surface area contributed by atoms with Crippen LogP contribution in [0.4, 0.5) is 0 Å². The highest BCUT2D eigenvalue weighted by atomic mass is 16.5. The number of aromatic amines is 1. The molecule has 0 aliphatic rings. The Bertz CT molecular complexity index is 1330. The highest BCUT2D eigenvalue weighted by Crippen LogP contribution is 2.19. The molecule has 1 N–H and O–H groups in total. The number of fused-ring (bicyclic) bond motifs is 1. The molecule has 31 heavy (non-hydrogen) atoms. The summed E-state index contributed by atoms with van der Waals surface area (Å²) in [4.78, 5) is 4.65. The van der Waals surface area contributed by atoms with E-state index in [1.807, 2.05) is 72.8 Å². The first-order valence-electron chi connectivity index (χ1n) is 9.93. The summed E-state index contributed by atoms with van der Waals surface area (Å²) in [5.74, 6) is 1.46. The Hall–Kier alpha value is -4.32. The minimum atomic E-state index is 0.434. The van der Waals surface area contributed by atoms with Crippen LogP contribution in [-0.2, 0) is 6.61 Å². The van der Waals surface area contributed by atoms with Crippen molar-refractivity contribution in [1.82, 2.24) is 25.6 Å². The van der Waals surface area contributed by atoms with Gasteiger partial charge in [-0.05, 0) is 51.9 Å². The van der Waals surface area contributed by atoms with Gasteiger partial charge < -0.3 is 4.74 Å². The van der Waals surface area contributed by atoms with Gasteiger partial charge in [-0.1, -0.05) is 66.7 Å². The molecule has 0 unspecified atom stereocenters. The first-order valence-corrected chi connectivity index (χ1v) is 9.93. The number of rotatable bonds is 6. The van der Waals surface area contributed by atoms with E-state index in [4.69, 9.17) is 4.74 Å². The molecule has 6 heteroatoms. The van der Waals surface area contributed by atoms with E-state index in [0.717, 1.165) is 39.0 Å². The lowest BCUT2D eigenvalue weighted by Gasteiger charge is -2.07. The summed E-state index contributed by atoms with van der Waals surface area (Å²) < 4.78 is 5.91. The van der Waals surface area contributed by atoms with Crippen LogP contribution < -0.4 is 4.74 Å². The molecule has 0 amide bonds. The Kier molecular flexibility index (Phi) is 5.18. The van der Waals surface area contributed by atoms with Crippen molar-refractivity contribution in [1.29, 1.82) is 0 Å². The summed E-state index contributed by atoms with van der Waals surface area (Å²) in [7, 11) is 0. The number of nitrogens with one attached hydrogen (secondary N) is 1. The smallest absolute Gasteiger partial charge is 0.179 e. The second-order valence-corrected chi connectivity index (χ2v) is 7.06. The fraction of sp³-hybridized carbons (Fsp3) is 0.0400. The van der Waals surface area contributed by atoms with Crippen molar-refractivity contribution in [2.75, 3.05) is 0 Å². The van der Waals surface area contributed by atoms with E-state index >= 15 is 0 Å². The van der Waals surface area contributed by atoms with Crippen molar-refractivity contribution < 1.29 is 4.74 Å². The van der Waals surface area contributed by atoms with Gasteiger partial charge in [0, 0.05) is 10.9 Å². The van der Waals surface area contributed by atoms with Crippen LogP contribution in [0.5, 0.6) is 5.75 Å². The summed E-state index contributed by atoms with van der Waals surface area (Å²) >= 11 is 0. The molecule has 5 rings (SSSR count). The summed E-state index contributed by atoms with van der Waals surface area (Å²) in [6.07, 6.45) is 4.12.